The van der Waals surface area contributed by atoms with Crippen molar-refractivity contribution in [2.45, 2.75) is 29.3 Å². The molecule has 0 aliphatic heterocycles. The van der Waals surface area contributed by atoms with Crippen LogP contribution in [0.5, 0.6) is 0 Å². The molecule has 0 saturated heterocycles. The van der Waals surface area contributed by atoms with Gasteiger partial charge in [0, 0.05) is 15.7 Å². The molecule has 0 radical (unpaired) electrons. The van der Waals surface area contributed by atoms with Crippen molar-refractivity contribution in [3.05, 3.63) is 101 Å². The quantitative estimate of drug-likeness (QED) is 0.276. The first-order valence-electron chi connectivity index (χ1n) is 10.5. The Balaban J connectivity index is 1.51. The van der Waals surface area contributed by atoms with Crippen molar-refractivity contribution in [2.24, 2.45) is 0 Å². The van der Waals surface area contributed by atoms with Gasteiger partial charge in [-0.25, -0.2) is 4.39 Å². The molecule has 1 heterocycles. The molecule has 0 fully saturated rings. The second kappa shape index (κ2) is 11.6. The van der Waals surface area contributed by atoms with Gasteiger partial charge in [-0.15, -0.1) is 22.0 Å². The van der Waals surface area contributed by atoms with E-state index in [9.17, 15) is 9.18 Å². The van der Waals surface area contributed by atoms with Crippen LogP contribution in [0.15, 0.2) is 82.8 Å². The average molecular weight is 513 g/mol. The fraction of sp³-hybridized carbons (Fsp3) is 0.160. The summed E-state index contributed by atoms with van der Waals surface area (Å²) in [6.45, 7) is 2.21. The molecule has 0 atom stereocenters. The SMILES string of the molecule is Cc1ccc(Cl)cc1-n1c(CNC(=O)CSc2ccccc2)nnc1SCc1ccc(F)cc1. The summed E-state index contributed by atoms with van der Waals surface area (Å²) >= 11 is 9.25. The van der Waals surface area contributed by atoms with E-state index in [4.69, 9.17) is 11.6 Å². The van der Waals surface area contributed by atoms with Crippen molar-refractivity contribution in [3.8, 4) is 5.69 Å². The van der Waals surface area contributed by atoms with Crippen LogP contribution in [0.2, 0.25) is 5.02 Å². The van der Waals surface area contributed by atoms with Crippen LogP contribution in [-0.2, 0) is 17.1 Å². The van der Waals surface area contributed by atoms with Gasteiger partial charge in [-0.1, -0.05) is 59.8 Å². The highest BCUT2D eigenvalue weighted by Crippen LogP contribution is 2.28. The smallest absolute Gasteiger partial charge is 0.230 e. The van der Waals surface area contributed by atoms with Crippen LogP contribution in [0, 0.1) is 12.7 Å². The summed E-state index contributed by atoms with van der Waals surface area (Å²) in [5, 5.41) is 12.9. The summed E-state index contributed by atoms with van der Waals surface area (Å²) in [5.41, 5.74) is 2.82. The Labute approximate surface area is 211 Å². The fourth-order valence-electron chi connectivity index (χ4n) is 3.20. The van der Waals surface area contributed by atoms with Gasteiger partial charge in [0.15, 0.2) is 11.0 Å². The monoisotopic (exact) mass is 512 g/mol. The molecule has 0 aliphatic rings. The Bertz CT molecular complexity index is 1270. The molecule has 9 heteroatoms. The number of nitrogens with zero attached hydrogens (tertiary/aromatic N) is 3. The highest BCUT2D eigenvalue weighted by Gasteiger charge is 2.17. The predicted octanol–water partition coefficient (Wildman–Crippen LogP) is 6.07. The highest BCUT2D eigenvalue weighted by atomic mass is 35.5. The van der Waals surface area contributed by atoms with Gasteiger partial charge in [-0.2, -0.15) is 0 Å². The van der Waals surface area contributed by atoms with E-state index in [1.54, 1.807) is 12.1 Å². The van der Waals surface area contributed by atoms with Gasteiger partial charge in [0.25, 0.3) is 0 Å². The topological polar surface area (TPSA) is 59.8 Å². The molecule has 0 saturated carbocycles. The summed E-state index contributed by atoms with van der Waals surface area (Å²) < 4.78 is 15.2. The van der Waals surface area contributed by atoms with Gasteiger partial charge in [-0.3, -0.25) is 9.36 Å². The normalized spacial score (nSPS) is 10.9. The molecule has 1 amide bonds. The molecular weight excluding hydrogens is 491 g/mol. The van der Waals surface area contributed by atoms with E-state index in [0.717, 1.165) is 21.7 Å². The van der Waals surface area contributed by atoms with Crippen LogP contribution in [-0.4, -0.2) is 26.4 Å². The first-order valence-corrected chi connectivity index (χ1v) is 12.9. The average Bonchev–Trinajstić information content (AvgIpc) is 3.25. The number of thioether (sulfide) groups is 2. The second-order valence-electron chi connectivity index (χ2n) is 7.46. The largest absolute Gasteiger partial charge is 0.348 e. The maximum atomic E-state index is 13.2. The maximum absolute atomic E-state index is 13.2. The molecular formula is C25H22ClFN4OS2. The lowest BCUT2D eigenvalue weighted by atomic mass is 10.2. The van der Waals surface area contributed by atoms with E-state index >= 15 is 0 Å². The third-order valence-electron chi connectivity index (χ3n) is 4.95. The third kappa shape index (κ3) is 6.40. The number of hydrogen-bond acceptors (Lipinski definition) is 5. The molecule has 4 aromatic rings. The molecule has 5 nitrogen and oxygen atoms in total. The minimum atomic E-state index is -0.269. The van der Waals surface area contributed by atoms with Crippen molar-refractivity contribution in [1.82, 2.24) is 20.1 Å². The summed E-state index contributed by atoms with van der Waals surface area (Å²) in [6.07, 6.45) is 0. The molecule has 0 aliphatic carbocycles. The standard InChI is InChI=1S/C25H22ClFN4OS2/c1-17-7-10-19(26)13-22(17)31-23(14-28-24(32)16-33-21-5-3-2-4-6-21)29-30-25(31)34-15-18-8-11-20(27)12-9-18/h2-13H,14-16H2,1H3,(H,28,32). The number of rotatable bonds is 9. The first kappa shape index (κ1) is 24.3. The van der Waals surface area contributed by atoms with Crippen LogP contribution in [0.3, 0.4) is 0 Å². The van der Waals surface area contributed by atoms with Gasteiger partial charge in [0.2, 0.25) is 5.91 Å². The summed E-state index contributed by atoms with van der Waals surface area (Å²) in [5.74, 6) is 1.14. The number of carbonyl (C=O) groups is 1. The van der Waals surface area contributed by atoms with E-state index in [1.807, 2.05) is 60.0 Å². The van der Waals surface area contributed by atoms with Crippen LogP contribution in [0.1, 0.15) is 17.0 Å². The van der Waals surface area contributed by atoms with Crippen molar-refractivity contribution in [3.63, 3.8) is 0 Å². The molecule has 34 heavy (non-hydrogen) atoms. The summed E-state index contributed by atoms with van der Waals surface area (Å²) in [4.78, 5) is 13.5. The number of hydrogen-bond donors (Lipinski definition) is 1. The molecule has 3 aromatic carbocycles. The molecule has 1 aromatic heterocycles. The molecule has 0 unspecified atom stereocenters. The number of amides is 1. The van der Waals surface area contributed by atoms with E-state index in [0.29, 0.717) is 27.5 Å². The maximum Gasteiger partial charge on any atom is 0.230 e. The predicted molar refractivity (Wildman–Crippen MR) is 136 cm³/mol. The summed E-state index contributed by atoms with van der Waals surface area (Å²) in [6, 6.07) is 21.8. The van der Waals surface area contributed by atoms with Crippen molar-refractivity contribution >= 4 is 41.0 Å². The molecule has 0 bridgehead atoms. The Hall–Kier alpha value is -2.81. The number of benzene rings is 3. The number of aromatic nitrogens is 3. The minimum absolute atomic E-state index is 0.0910. The molecule has 0 spiro atoms. The molecule has 174 valence electrons. The van der Waals surface area contributed by atoms with Crippen LogP contribution >= 0.6 is 35.1 Å². The van der Waals surface area contributed by atoms with Gasteiger partial charge >= 0.3 is 0 Å². The zero-order valence-electron chi connectivity index (χ0n) is 18.4. The van der Waals surface area contributed by atoms with Crippen molar-refractivity contribution in [2.75, 3.05) is 5.75 Å². The van der Waals surface area contributed by atoms with Gasteiger partial charge < -0.3 is 5.32 Å². The highest BCUT2D eigenvalue weighted by molar-refractivity contribution is 8.00. The fourth-order valence-corrected chi connectivity index (χ4v) is 5.03. The zero-order valence-corrected chi connectivity index (χ0v) is 20.8. The van der Waals surface area contributed by atoms with E-state index < -0.39 is 0 Å². The molecule has 1 N–H and O–H groups in total. The zero-order chi connectivity index (χ0) is 23.9. The first-order chi connectivity index (χ1) is 16.5. The number of carbonyl (C=O) groups excluding carboxylic acids is 1. The Kier molecular flexibility index (Phi) is 8.26. The van der Waals surface area contributed by atoms with Gasteiger partial charge in [-0.05, 0) is 54.4 Å². The van der Waals surface area contributed by atoms with Crippen LogP contribution < -0.4 is 5.32 Å². The number of aryl methyl sites for hydroxylation is 1. The van der Waals surface area contributed by atoms with Crippen LogP contribution in [0.25, 0.3) is 5.69 Å². The van der Waals surface area contributed by atoms with Crippen molar-refractivity contribution in [1.29, 1.82) is 0 Å². The van der Waals surface area contributed by atoms with E-state index in [-0.39, 0.29) is 18.3 Å². The van der Waals surface area contributed by atoms with E-state index in [1.165, 1.54) is 35.7 Å². The Morgan fingerprint density at radius 2 is 1.79 bits per heavy atom. The van der Waals surface area contributed by atoms with Crippen molar-refractivity contribution < 1.29 is 9.18 Å². The Morgan fingerprint density at radius 1 is 1.03 bits per heavy atom. The third-order valence-corrected chi connectivity index (χ3v) is 7.20. The molecule has 4 rings (SSSR count). The van der Waals surface area contributed by atoms with Crippen LogP contribution in [0.4, 0.5) is 4.39 Å². The summed E-state index contributed by atoms with van der Waals surface area (Å²) in [7, 11) is 0. The lowest BCUT2D eigenvalue weighted by Crippen LogP contribution is -2.26. The minimum Gasteiger partial charge on any atom is -0.348 e. The number of halogens is 2. The Morgan fingerprint density at radius 3 is 2.56 bits per heavy atom. The van der Waals surface area contributed by atoms with Gasteiger partial charge in [0.05, 0.1) is 18.0 Å². The van der Waals surface area contributed by atoms with Gasteiger partial charge in [0.1, 0.15) is 5.82 Å². The lowest BCUT2D eigenvalue weighted by Gasteiger charge is -2.14. The van der Waals surface area contributed by atoms with E-state index in [2.05, 4.69) is 15.5 Å². The lowest BCUT2D eigenvalue weighted by molar-refractivity contribution is -0.118. The second-order valence-corrected chi connectivity index (χ2v) is 9.89. The number of nitrogens with one attached hydrogen (secondary N) is 1.